The number of benzene rings is 2. The molecule has 0 saturated carbocycles. The third kappa shape index (κ3) is 5.31. The molecule has 1 aromatic heterocycles. The predicted molar refractivity (Wildman–Crippen MR) is 166 cm³/mol. The molecule has 1 N–H and O–H groups in total. The lowest BCUT2D eigenvalue weighted by atomic mass is 9.79. The minimum absolute atomic E-state index is 0.00232. The van der Waals surface area contributed by atoms with Gasteiger partial charge in [-0.25, -0.2) is 4.98 Å². The molecule has 2 aromatic carbocycles. The molecule has 1 unspecified atom stereocenters. The number of hydrogen-bond donors (Lipinski definition) is 1. The highest BCUT2D eigenvalue weighted by molar-refractivity contribution is 5.91. The average Bonchev–Trinajstić information content (AvgIpc) is 2.95. The van der Waals surface area contributed by atoms with Gasteiger partial charge in [-0.15, -0.1) is 0 Å². The minimum atomic E-state index is 0.00232. The zero-order valence-electron chi connectivity index (χ0n) is 25.4. The van der Waals surface area contributed by atoms with E-state index in [4.69, 9.17) is 4.98 Å². The van der Waals surface area contributed by atoms with Crippen LogP contribution in [0.5, 0.6) is 0 Å². The second-order valence-electron chi connectivity index (χ2n) is 12.2. The number of anilines is 1. The Morgan fingerprint density at radius 2 is 1.68 bits per heavy atom. The lowest BCUT2D eigenvalue weighted by Crippen LogP contribution is -2.55. The van der Waals surface area contributed by atoms with E-state index in [9.17, 15) is 4.79 Å². The Morgan fingerprint density at radius 3 is 2.27 bits per heavy atom. The third-order valence-corrected chi connectivity index (χ3v) is 9.29. The van der Waals surface area contributed by atoms with E-state index < -0.39 is 0 Å². The largest absolute Gasteiger partial charge is 0.371 e. The number of nitrogens with zero attached hydrogens (tertiary/aromatic N) is 5. The molecule has 216 valence electrons. The molecule has 2 fully saturated rings. The van der Waals surface area contributed by atoms with Gasteiger partial charge in [-0.05, 0) is 71.8 Å². The summed E-state index contributed by atoms with van der Waals surface area (Å²) in [5, 5.41) is 4.42. The monoisotopic (exact) mass is 544 g/mol. The van der Waals surface area contributed by atoms with Gasteiger partial charge in [0.15, 0.2) is 0 Å². The molecule has 0 radical (unpaired) electrons. The summed E-state index contributed by atoms with van der Waals surface area (Å²) in [5.74, 6) is 0.926. The highest BCUT2D eigenvalue weighted by atomic mass is 16.1. The Bertz CT molecular complexity index is 1330. The van der Waals surface area contributed by atoms with Crippen molar-refractivity contribution >= 4 is 16.6 Å². The summed E-state index contributed by atoms with van der Waals surface area (Å²) in [6.45, 7) is 13.2. The van der Waals surface area contributed by atoms with Gasteiger partial charge in [0, 0.05) is 50.3 Å². The molecule has 3 heterocycles. The van der Waals surface area contributed by atoms with Crippen molar-refractivity contribution in [2.24, 2.45) is 0 Å². The van der Waals surface area contributed by atoms with Crippen LogP contribution in [0.15, 0.2) is 53.3 Å². The van der Waals surface area contributed by atoms with Crippen molar-refractivity contribution < 1.29 is 0 Å². The van der Waals surface area contributed by atoms with Crippen molar-refractivity contribution in [1.29, 1.82) is 0 Å². The van der Waals surface area contributed by atoms with Gasteiger partial charge in [0.25, 0.3) is 5.56 Å². The maximum atomic E-state index is 14.3. The van der Waals surface area contributed by atoms with Gasteiger partial charge >= 0.3 is 0 Å². The molecule has 0 aliphatic carbocycles. The minimum Gasteiger partial charge on any atom is -0.371 e. The van der Waals surface area contributed by atoms with E-state index in [1.807, 2.05) is 10.6 Å². The number of aromatic nitrogens is 2. The number of hydrogen-bond acceptors (Lipinski definition) is 6. The van der Waals surface area contributed by atoms with Crippen LogP contribution in [0.3, 0.4) is 0 Å². The van der Waals surface area contributed by atoms with Crippen LogP contribution >= 0.6 is 0 Å². The molecule has 0 spiro atoms. The fraction of sp³-hybridized carbons (Fsp3) is 0.576. The van der Waals surface area contributed by atoms with E-state index in [1.165, 1.54) is 5.56 Å². The van der Waals surface area contributed by atoms with E-state index in [0.717, 1.165) is 74.3 Å². The second-order valence-corrected chi connectivity index (χ2v) is 12.2. The first-order chi connectivity index (χ1) is 19.3. The predicted octanol–water partition coefficient (Wildman–Crippen LogP) is 5.00. The molecule has 40 heavy (non-hydrogen) atoms. The van der Waals surface area contributed by atoms with E-state index >= 15 is 0 Å². The molecule has 7 nitrogen and oxygen atoms in total. The molecule has 3 aromatic rings. The summed E-state index contributed by atoms with van der Waals surface area (Å²) in [6, 6.07) is 18.1. The maximum absolute atomic E-state index is 14.3. The molecule has 0 bridgehead atoms. The third-order valence-electron chi connectivity index (χ3n) is 9.29. The average molecular weight is 545 g/mol. The Labute approximate surface area is 240 Å². The van der Waals surface area contributed by atoms with Crippen LogP contribution in [-0.2, 0) is 12.1 Å². The molecule has 0 amide bonds. The van der Waals surface area contributed by atoms with Gasteiger partial charge in [-0.1, -0.05) is 49.7 Å². The van der Waals surface area contributed by atoms with Crippen LogP contribution in [0.2, 0.25) is 0 Å². The highest BCUT2D eigenvalue weighted by Gasteiger charge is 2.39. The van der Waals surface area contributed by atoms with Crippen LogP contribution in [-0.4, -0.2) is 71.7 Å². The van der Waals surface area contributed by atoms with Gasteiger partial charge in [0.1, 0.15) is 5.82 Å². The number of piperazine rings is 1. The molecular formula is C33H48N6O. The van der Waals surface area contributed by atoms with Crippen LogP contribution in [0.1, 0.15) is 70.8 Å². The summed E-state index contributed by atoms with van der Waals surface area (Å²) in [7, 11) is 4.39. The van der Waals surface area contributed by atoms with E-state index in [-0.39, 0.29) is 17.1 Å². The van der Waals surface area contributed by atoms with Gasteiger partial charge in [0.05, 0.1) is 22.6 Å². The lowest BCUT2D eigenvalue weighted by Gasteiger charge is -2.47. The number of fused-ring (bicyclic) bond motifs is 1. The van der Waals surface area contributed by atoms with Crippen LogP contribution in [0.25, 0.3) is 10.9 Å². The van der Waals surface area contributed by atoms with E-state index in [0.29, 0.717) is 18.6 Å². The topological polar surface area (TPSA) is 56.6 Å². The molecule has 2 aliphatic heterocycles. The van der Waals surface area contributed by atoms with E-state index in [2.05, 4.69) is 104 Å². The first-order valence-corrected chi connectivity index (χ1v) is 15.3. The Balaban J connectivity index is 1.52. The summed E-state index contributed by atoms with van der Waals surface area (Å²) in [5.41, 5.74) is 3.33. The standard InChI is InChI=1S/C33H48N6O/c1-7-13-29(38-22-24(3)34-25(4)23-38)31-35-27-16-12-17-28(30(27)32(40)39(31)8-2)37-20-18-33(19-21-37,36(5)6)26-14-10-9-11-15-26/h9-12,14-17,24-25,29,34H,7-8,13,18-23H2,1-6H3/t24-,25+,29?. The molecule has 2 aliphatic rings. The van der Waals surface area contributed by atoms with Gasteiger partial charge in [0.2, 0.25) is 0 Å². The van der Waals surface area contributed by atoms with Crippen molar-refractivity contribution in [3.8, 4) is 0 Å². The van der Waals surface area contributed by atoms with Crippen molar-refractivity contribution in [2.45, 2.75) is 83.6 Å². The molecule has 2 saturated heterocycles. The number of nitrogens with one attached hydrogen (secondary N) is 1. The van der Waals surface area contributed by atoms with Crippen molar-refractivity contribution in [2.75, 3.05) is 45.2 Å². The van der Waals surface area contributed by atoms with Crippen LogP contribution in [0, 0.1) is 0 Å². The summed E-state index contributed by atoms with van der Waals surface area (Å²) in [4.78, 5) is 26.9. The lowest BCUT2D eigenvalue weighted by molar-refractivity contribution is 0.109. The van der Waals surface area contributed by atoms with Crippen LogP contribution < -0.4 is 15.8 Å². The van der Waals surface area contributed by atoms with Crippen LogP contribution in [0.4, 0.5) is 5.69 Å². The summed E-state index contributed by atoms with van der Waals surface area (Å²) in [6.07, 6.45) is 4.06. The molecular weight excluding hydrogens is 496 g/mol. The fourth-order valence-electron chi connectivity index (χ4n) is 7.32. The SMILES string of the molecule is CCCC(c1nc2cccc(N3CCC(c4ccccc4)(N(C)C)CC3)c2c(=O)n1CC)N1C[C@@H](C)N[C@@H](C)C1. The second kappa shape index (κ2) is 12.0. The van der Waals surface area contributed by atoms with Gasteiger partial charge < -0.3 is 10.2 Å². The van der Waals surface area contributed by atoms with Crippen molar-refractivity contribution in [3.63, 3.8) is 0 Å². The Kier molecular flexibility index (Phi) is 8.64. The zero-order valence-corrected chi connectivity index (χ0v) is 25.4. The Hall–Kier alpha value is -2.74. The normalized spacial score (nSPS) is 22.6. The number of piperidine rings is 1. The first-order valence-electron chi connectivity index (χ1n) is 15.3. The molecule has 3 atom stereocenters. The molecule has 5 rings (SSSR count). The Morgan fingerprint density at radius 1 is 1.00 bits per heavy atom. The quantitative estimate of drug-likeness (QED) is 0.431. The van der Waals surface area contributed by atoms with Gasteiger partial charge in [-0.2, -0.15) is 0 Å². The smallest absolute Gasteiger partial charge is 0.263 e. The maximum Gasteiger partial charge on any atom is 0.263 e. The summed E-state index contributed by atoms with van der Waals surface area (Å²) < 4.78 is 1.96. The number of rotatable bonds is 8. The summed E-state index contributed by atoms with van der Waals surface area (Å²) >= 11 is 0. The van der Waals surface area contributed by atoms with E-state index in [1.54, 1.807) is 0 Å². The first kappa shape index (κ1) is 28.8. The van der Waals surface area contributed by atoms with Crippen molar-refractivity contribution in [1.82, 2.24) is 24.7 Å². The molecule has 7 heteroatoms. The zero-order chi connectivity index (χ0) is 28.4. The van der Waals surface area contributed by atoms with Crippen molar-refractivity contribution in [3.05, 3.63) is 70.3 Å². The van der Waals surface area contributed by atoms with Gasteiger partial charge in [-0.3, -0.25) is 19.2 Å². The fourth-order valence-corrected chi connectivity index (χ4v) is 7.32. The highest BCUT2D eigenvalue weighted by Crippen LogP contribution is 2.39.